The van der Waals surface area contributed by atoms with Gasteiger partial charge in [-0.15, -0.1) is 0 Å². The van der Waals surface area contributed by atoms with Gasteiger partial charge in [-0.3, -0.25) is 9.52 Å². The lowest BCUT2D eigenvalue weighted by atomic mass is 10.1. The summed E-state index contributed by atoms with van der Waals surface area (Å²) in [5, 5.41) is 2.82. The molecule has 1 aliphatic heterocycles. The lowest BCUT2D eigenvalue weighted by Gasteiger charge is -2.31. The molecule has 1 fully saturated rings. The minimum absolute atomic E-state index is 0.00382. The number of piperidine rings is 1. The van der Waals surface area contributed by atoms with Crippen molar-refractivity contribution in [3.8, 4) is 5.75 Å². The highest BCUT2D eigenvalue weighted by molar-refractivity contribution is 7.92. The molecule has 0 aromatic heterocycles. The molecule has 1 amide bonds. The number of hydrogen-bond donors (Lipinski definition) is 2. The Morgan fingerprint density at radius 2 is 1.74 bits per heavy atom. The maximum atomic E-state index is 12.7. The van der Waals surface area contributed by atoms with Gasteiger partial charge in [0.05, 0.1) is 23.9 Å². The van der Waals surface area contributed by atoms with Crippen LogP contribution in [-0.2, 0) is 20.0 Å². The topological polar surface area (TPSA) is 122 Å². The van der Waals surface area contributed by atoms with Gasteiger partial charge in [-0.2, -0.15) is 0 Å². The van der Waals surface area contributed by atoms with E-state index in [1.807, 2.05) is 0 Å². The molecule has 0 spiro atoms. The van der Waals surface area contributed by atoms with Crippen molar-refractivity contribution < 1.29 is 26.4 Å². The Morgan fingerprint density at radius 1 is 1.06 bits per heavy atom. The molecule has 31 heavy (non-hydrogen) atoms. The third-order valence-corrected chi connectivity index (χ3v) is 7.62. The van der Waals surface area contributed by atoms with Crippen molar-refractivity contribution >= 4 is 31.6 Å². The number of methoxy groups -OCH3 is 1. The predicted octanol–water partition coefficient (Wildman–Crippen LogP) is 1.65. The summed E-state index contributed by atoms with van der Waals surface area (Å²) in [6, 6.07) is 11.9. The van der Waals surface area contributed by atoms with Crippen LogP contribution in [0, 0.1) is 0 Å². The van der Waals surface area contributed by atoms with Gasteiger partial charge in [0.1, 0.15) is 5.75 Å². The number of rotatable bonds is 7. The quantitative estimate of drug-likeness (QED) is 0.639. The van der Waals surface area contributed by atoms with Gasteiger partial charge >= 0.3 is 0 Å². The van der Waals surface area contributed by atoms with Crippen LogP contribution in [0.5, 0.6) is 5.75 Å². The lowest BCUT2D eigenvalue weighted by molar-refractivity contribution is 0.0921. The highest BCUT2D eigenvalue weighted by Gasteiger charge is 2.27. The normalized spacial score (nSPS) is 17.7. The molecule has 0 saturated carbocycles. The Morgan fingerprint density at radius 3 is 2.39 bits per heavy atom. The molecule has 1 saturated heterocycles. The summed E-state index contributed by atoms with van der Waals surface area (Å²) < 4.78 is 57.8. The zero-order valence-electron chi connectivity index (χ0n) is 17.2. The largest absolute Gasteiger partial charge is 0.495 e. The number of amides is 1. The zero-order chi connectivity index (χ0) is 22.6. The number of carbonyl (C=O) groups excluding carboxylic acids is 1. The van der Waals surface area contributed by atoms with E-state index in [0.29, 0.717) is 30.8 Å². The number of hydrogen-bond acceptors (Lipinski definition) is 6. The number of sulfonamides is 2. The molecule has 1 unspecified atom stereocenters. The van der Waals surface area contributed by atoms with Crippen molar-refractivity contribution in [2.45, 2.75) is 23.8 Å². The Hall–Kier alpha value is -2.63. The zero-order valence-corrected chi connectivity index (χ0v) is 18.9. The Balaban J connectivity index is 1.68. The van der Waals surface area contributed by atoms with Crippen molar-refractivity contribution in [2.24, 2.45) is 0 Å². The Kier molecular flexibility index (Phi) is 6.87. The highest BCUT2D eigenvalue weighted by Crippen LogP contribution is 2.26. The van der Waals surface area contributed by atoms with Crippen LogP contribution in [0.15, 0.2) is 53.4 Å². The fourth-order valence-corrected chi connectivity index (χ4v) is 5.33. The molecule has 9 nitrogen and oxygen atoms in total. The number of para-hydroxylation sites is 2. The van der Waals surface area contributed by atoms with E-state index in [1.54, 1.807) is 24.3 Å². The van der Waals surface area contributed by atoms with E-state index in [2.05, 4.69) is 10.0 Å². The SMILES string of the molecule is COc1ccccc1NS(=O)(=O)c1ccc(C(=O)NC2CCCN(S(C)(=O)=O)C2)cc1. The number of nitrogens with zero attached hydrogens (tertiary/aromatic N) is 1. The monoisotopic (exact) mass is 467 g/mol. The first-order chi connectivity index (χ1) is 14.6. The summed E-state index contributed by atoms with van der Waals surface area (Å²) in [6.45, 7) is 0.664. The molecule has 168 valence electrons. The standard InChI is InChI=1S/C20H25N3O6S2/c1-29-19-8-4-3-7-18(19)22-31(27,28)17-11-9-15(10-12-17)20(24)21-16-6-5-13-23(14-16)30(2,25)26/h3-4,7-12,16,22H,5-6,13-14H2,1-2H3,(H,21,24). The molecule has 2 aromatic carbocycles. The van der Waals surface area contributed by atoms with Crippen LogP contribution in [0.4, 0.5) is 5.69 Å². The first-order valence-corrected chi connectivity index (χ1v) is 13.0. The molecule has 0 radical (unpaired) electrons. The van der Waals surface area contributed by atoms with Crippen LogP contribution >= 0.6 is 0 Å². The minimum atomic E-state index is -3.87. The number of ether oxygens (including phenoxy) is 1. The predicted molar refractivity (Wildman–Crippen MR) is 117 cm³/mol. The van der Waals surface area contributed by atoms with E-state index in [0.717, 1.165) is 6.26 Å². The van der Waals surface area contributed by atoms with Gasteiger partial charge in [0.15, 0.2) is 0 Å². The van der Waals surface area contributed by atoms with E-state index in [9.17, 15) is 21.6 Å². The van der Waals surface area contributed by atoms with Crippen molar-refractivity contribution in [3.05, 3.63) is 54.1 Å². The molecule has 11 heteroatoms. The molecular formula is C20H25N3O6S2. The smallest absolute Gasteiger partial charge is 0.262 e. The summed E-state index contributed by atoms with van der Waals surface area (Å²) in [5.74, 6) is -0.000297. The fraction of sp³-hybridized carbons (Fsp3) is 0.350. The second-order valence-corrected chi connectivity index (χ2v) is 10.9. The van der Waals surface area contributed by atoms with Gasteiger partial charge in [-0.25, -0.2) is 21.1 Å². The lowest BCUT2D eigenvalue weighted by Crippen LogP contribution is -2.49. The molecular weight excluding hydrogens is 442 g/mol. The first-order valence-electron chi connectivity index (χ1n) is 9.62. The molecule has 3 rings (SSSR count). The van der Waals surface area contributed by atoms with E-state index in [-0.39, 0.29) is 29.0 Å². The summed E-state index contributed by atoms with van der Waals surface area (Å²) in [6.07, 6.45) is 2.48. The molecule has 1 aliphatic rings. The number of carbonyl (C=O) groups is 1. The average molecular weight is 468 g/mol. The molecule has 1 atom stereocenters. The van der Waals surface area contributed by atoms with E-state index >= 15 is 0 Å². The van der Waals surface area contributed by atoms with Crippen LogP contribution in [0.2, 0.25) is 0 Å². The van der Waals surface area contributed by atoms with E-state index in [1.165, 1.54) is 35.7 Å². The molecule has 1 heterocycles. The maximum absolute atomic E-state index is 12.7. The number of benzene rings is 2. The Bertz CT molecular complexity index is 1150. The molecule has 0 aliphatic carbocycles. The van der Waals surface area contributed by atoms with Crippen molar-refractivity contribution in [1.29, 1.82) is 0 Å². The number of nitrogens with one attached hydrogen (secondary N) is 2. The van der Waals surface area contributed by atoms with Gasteiger partial charge < -0.3 is 10.1 Å². The van der Waals surface area contributed by atoms with Crippen LogP contribution in [-0.4, -0.2) is 59.5 Å². The average Bonchev–Trinajstić information content (AvgIpc) is 2.73. The number of anilines is 1. The maximum Gasteiger partial charge on any atom is 0.262 e. The van der Waals surface area contributed by atoms with Gasteiger partial charge in [-0.05, 0) is 49.2 Å². The highest BCUT2D eigenvalue weighted by atomic mass is 32.2. The second-order valence-electron chi connectivity index (χ2n) is 7.26. The third kappa shape index (κ3) is 5.75. The third-order valence-electron chi connectivity index (χ3n) is 4.97. The van der Waals surface area contributed by atoms with Crippen molar-refractivity contribution in [2.75, 3.05) is 31.2 Å². The van der Waals surface area contributed by atoms with Gasteiger partial charge in [-0.1, -0.05) is 12.1 Å². The minimum Gasteiger partial charge on any atom is -0.495 e. The molecule has 0 bridgehead atoms. The fourth-order valence-electron chi connectivity index (χ4n) is 3.35. The summed E-state index contributed by atoms with van der Waals surface area (Å²) in [5.41, 5.74) is 0.590. The summed E-state index contributed by atoms with van der Waals surface area (Å²) >= 11 is 0. The summed E-state index contributed by atoms with van der Waals surface area (Å²) in [4.78, 5) is 12.5. The van der Waals surface area contributed by atoms with Crippen molar-refractivity contribution in [3.63, 3.8) is 0 Å². The van der Waals surface area contributed by atoms with E-state index < -0.39 is 20.0 Å². The summed E-state index contributed by atoms with van der Waals surface area (Å²) in [7, 11) is -5.74. The van der Waals surface area contributed by atoms with Crippen LogP contribution < -0.4 is 14.8 Å². The van der Waals surface area contributed by atoms with Crippen LogP contribution in [0.3, 0.4) is 0 Å². The molecule has 2 N–H and O–H groups in total. The van der Waals surface area contributed by atoms with Crippen LogP contribution in [0.25, 0.3) is 0 Å². The molecule has 2 aromatic rings. The van der Waals surface area contributed by atoms with Crippen LogP contribution in [0.1, 0.15) is 23.2 Å². The second kappa shape index (κ2) is 9.25. The van der Waals surface area contributed by atoms with Gasteiger partial charge in [0.2, 0.25) is 10.0 Å². The van der Waals surface area contributed by atoms with Gasteiger partial charge in [0.25, 0.3) is 15.9 Å². The van der Waals surface area contributed by atoms with E-state index in [4.69, 9.17) is 4.74 Å². The first kappa shape index (κ1) is 23.0. The van der Waals surface area contributed by atoms with Gasteiger partial charge in [0, 0.05) is 24.7 Å². The van der Waals surface area contributed by atoms with Crippen molar-refractivity contribution in [1.82, 2.24) is 9.62 Å². The Labute approximate surface area is 182 Å².